The summed E-state index contributed by atoms with van der Waals surface area (Å²) in [5.74, 6) is 0.0599. The molecule has 0 radical (unpaired) electrons. The van der Waals surface area contributed by atoms with E-state index in [4.69, 9.17) is 15.2 Å². The van der Waals surface area contributed by atoms with Crippen LogP contribution in [0.25, 0.3) is 0 Å². The van der Waals surface area contributed by atoms with Crippen LogP contribution >= 0.6 is 24.2 Å². The third kappa shape index (κ3) is 7.31. The van der Waals surface area contributed by atoms with Gasteiger partial charge in [-0.1, -0.05) is 0 Å². The fourth-order valence-electron chi connectivity index (χ4n) is 1.54. The van der Waals surface area contributed by atoms with Crippen LogP contribution in [-0.4, -0.2) is 44.3 Å². The molecule has 1 aromatic carbocycles. The van der Waals surface area contributed by atoms with Gasteiger partial charge in [-0.3, -0.25) is 4.79 Å². The number of nitrogens with one attached hydrogen (secondary N) is 1. The number of ether oxygens (including phenoxy) is 2. The predicted octanol–water partition coefficient (Wildman–Crippen LogP) is 2.29. The first-order chi connectivity index (χ1) is 10.1. The first-order valence-electron chi connectivity index (χ1n) is 6.55. The van der Waals surface area contributed by atoms with Crippen LogP contribution < -0.4 is 15.8 Å². The van der Waals surface area contributed by atoms with E-state index in [1.54, 1.807) is 24.9 Å². The quantitative estimate of drug-likeness (QED) is 0.667. The second-order valence-electron chi connectivity index (χ2n) is 4.36. The maximum atomic E-state index is 13.8. The van der Waals surface area contributed by atoms with E-state index in [0.717, 1.165) is 5.75 Å². The Hall–Kier alpha value is -1.02. The number of amides is 1. The minimum absolute atomic E-state index is 0. The van der Waals surface area contributed by atoms with Crippen molar-refractivity contribution in [2.45, 2.75) is 12.5 Å². The number of thioether (sulfide) groups is 1. The summed E-state index contributed by atoms with van der Waals surface area (Å²) >= 11 is 1.62. The third-order valence-electron chi connectivity index (χ3n) is 2.71. The summed E-state index contributed by atoms with van der Waals surface area (Å²) in [7, 11) is 1.54. The molecule has 1 amide bonds. The van der Waals surface area contributed by atoms with Gasteiger partial charge < -0.3 is 20.5 Å². The molecule has 5 nitrogen and oxygen atoms in total. The van der Waals surface area contributed by atoms with E-state index in [0.29, 0.717) is 18.7 Å². The van der Waals surface area contributed by atoms with Gasteiger partial charge in [0.25, 0.3) is 0 Å². The summed E-state index contributed by atoms with van der Waals surface area (Å²) < 4.78 is 23.8. The molecule has 8 heteroatoms. The highest BCUT2D eigenvalue weighted by atomic mass is 35.5. The first-order valence-corrected chi connectivity index (χ1v) is 7.94. The van der Waals surface area contributed by atoms with E-state index in [-0.39, 0.29) is 30.7 Å². The monoisotopic (exact) mass is 352 g/mol. The lowest BCUT2D eigenvalue weighted by Crippen LogP contribution is -2.36. The standard InChI is InChI=1S/C14H21FN2O3S.ClH/c1-19-6-7-20-13-4-3-10(9-11(13)15)17-14(18)12(16)5-8-21-2;/h3-4,9,12H,5-8,16H2,1-2H3,(H,17,18);1H/t12-;/m0./s1. The molecule has 3 N–H and O–H groups in total. The summed E-state index contributed by atoms with van der Waals surface area (Å²) in [5, 5.41) is 2.59. The highest BCUT2D eigenvalue weighted by molar-refractivity contribution is 7.98. The van der Waals surface area contributed by atoms with Crippen LogP contribution in [0.4, 0.5) is 10.1 Å². The zero-order valence-electron chi connectivity index (χ0n) is 12.6. The number of hydrogen-bond acceptors (Lipinski definition) is 5. The minimum atomic E-state index is -0.599. The molecule has 0 saturated heterocycles. The molecule has 1 rings (SSSR count). The molecule has 0 fully saturated rings. The molecule has 22 heavy (non-hydrogen) atoms. The molecule has 126 valence electrons. The average Bonchev–Trinajstić information content (AvgIpc) is 2.47. The van der Waals surface area contributed by atoms with Gasteiger partial charge in [-0.05, 0) is 30.6 Å². The Morgan fingerprint density at radius 1 is 1.45 bits per heavy atom. The number of rotatable bonds is 9. The van der Waals surface area contributed by atoms with Crippen molar-refractivity contribution in [2.75, 3.05) is 37.6 Å². The van der Waals surface area contributed by atoms with Gasteiger partial charge in [0.1, 0.15) is 6.61 Å². The topological polar surface area (TPSA) is 73.6 Å². The summed E-state index contributed by atoms with van der Waals surface area (Å²) in [4.78, 5) is 11.8. The lowest BCUT2D eigenvalue weighted by molar-refractivity contribution is -0.117. The molecular weight excluding hydrogens is 331 g/mol. The Bertz CT molecular complexity index is 466. The van der Waals surface area contributed by atoms with Crippen molar-refractivity contribution in [3.05, 3.63) is 24.0 Å². The third-order valence-corrected chi connectivity index (χ3v) is 3.36. The molecule has 0 unspecified atom stereocenters. The van der Waals surface area contributed by atoms with Crippen molar-refractivity contribution in [1.29, 1.82) is 0 Å². The van der Waals surface area contributed by atoms with Crippen LogP contribution in [0.15, 0.2) is 18.2 Å². The van der Waals surface area contributed by atoms with Crippen LogP contribution in [-0.2, 0) is 9.53 Å². The van der Waals surface area contributed by atoms with Crippen molar-refractivity contribution in [3.8, 4) is 5.75 Å². The number of carbonyl (C=O) groups is 1. The van der Waals surface area contributed by atoms with Gasteiger partial charge in [-0.2, -0.15) is 11.8 Å². The Labute approximate surface area is 140 Å². The molecule has 0 aromatic heterocycles. The number of methoxy groups -OCH3 is 1. The molecule has 0 heterocycles. The summed E-state index contributed by atoms with van der Waals surface area (Å²) in [6, 6.07) is 3.65. The van der Waals surface area contributed by atoms with Gasteiger partial charge in [0, 0.05) is 18.9 Å². The number of hydrogen-bond donors (Lipinski definition) is 2. The summed E-state index contributed by atoms with van der Waals surface area (Å²) in [6.45, 7) is 0.640. The zero-order chi connectivity index (χ0) is 15.7. The Morgan fingerprint density at radius 2 is 2.18 bits per heavy atom. The summed E-state index contributed by atoms with van der Waals surface area (Å²) in [6.07, 6.45) is 2.52. The molecular formula is C14H22ClFN2O3S. The van der Waals surface area contributed by atoms with Crippen molar-refractivity contribution in [1.82, 2.24) is 0 Å². The van der Waals surface area contributed by atoms with Gasteiger partial charge in [-0.25, -0.2) is 4.39 Å². The number of anilines is 1. The molecule has 0 bridgehead atoms. The average molecular weight is 353 g/mol. The number of nitrogens with two attached hydrogens (primary N) is 1. The van der Waals surface area contributed by atoms with Crippen LogP contribution in [0.2, 0.25) is 0 Å². The van der Waals surface area contributed by atoms with Gasteiger partial charge >= 0.3 is 0 Å². The van der Waals surface area contributed by atoms with E-state index in [9.17, 15) is 9.18 Å². The second-order valence-corrected chi connectivity index (χ2v) is 5.35. The van der Waals surface area contributed by atoms with Crippen molar-refractivity contribution in [2.24, 2.45) is 5.73 Å². The SMILES string of the molecule is COCCOc1ccc(NC(=O)[C@@H](N)CCSC)cc1F.Cl. The molecule has 1 aromatic rings. The first kappa shape index (κ1) is 21.0. The van der Waals surface area contributed by atoms with E-state index in [1.165, 1.54) is 12.1 Å². The smallest absolute Gasteiger partial charge is 0.241 e. The number of halogens is 2. The van der Waals surface area contributed by atoms with Crippen LogP contribution in [0.3, 0.4) is 0 Å². The zero-order valence-corrected chi connectivity index (χ0v) is 14.3. The lowest BCUT2D eigenvalue weighted by Gasteiger charge is -2.13. The van der Waals surface area contributed by atoms with Gasteiger partial charge in [0.2, 0.25) is 5.91 Å². The molecule has 0 aliphatic carbocycles. The van der Waals surface area contributed by atoms with Gasteiger partial charge in [0.15, 0.2) is 11.6 Å². The maximum Gasteiger partial charge on any atom is 0.241 e. The fraction of sp³-hybridized carbons (Fsp3) is 0.500. The van der Waals surface area contributed by atoms with Crippen molar-refractivity contribution in [3.63, 3.8) is 0 Å². The van der Waals surface area contributed by atoms with Crippen molar-refractivity contribution >= 4 is 35.8 Å². The van der Waals surface area contributed by atoms with E-state index in [1.807, 2.05) is 6.26 Å². The van der Waals surface area contributed by atoms with Gasteiger partial charge in [-0.15, -0.1) is 12.4 Å². The normalized spacial score (nSPS) is 11.5. The Kier molecular flexibility index (Phi) is 11.0. The number of carbonyl (C=O) groups excluding carboxylic acids is 1. The van der Waals surface area contributed by atoms with Crippen LogP contribution in [0.1, 0.15) is 6.42 Å². The van der Waals surface area contributed by atoms with E-state index < -0.39 is 11.9 Å². The molecule has 0 spiro atoms. The molecule has 0 aliphatic rings. The highest BCUT2D eigenvalue weighted by Crippen LogP contribution is 2.21. The summed E-state index contributed by atoms with van der Waals surface area (Å²) in [5.41, 5.74) is 6.10. The van der Waals surface area contributed by atoms with E-state index in [2.05, 4.69) is 5.32 Å². The maximum absolute atomic E-state index is 13.8. The minimum Gasteiger partial charge on any atom is -0.488 e. The predicted molar refractivity (Wildman–Crippen MR) is 90.6 cm³/mol. The van der Waals surface area contributed by atoms with Gasteiger partial charge in [0.05, 0.1) is 12.6 Å². The Morgan fingerprint density at radius 3 is 2.77 bits per heavy atom. The Balaban J connectivity index is 0.00000441. The fourth-order valence-corrected chi connectivity index (χ4v) is 2.03. The molecule has 0 aliphatic heterocycles. The molecule has 0 saturated carbocycles. The molecule has 1 atom stereocenters. The largest absolute Gasteiger partial charge is 0.488 e. The van der Waals surface area contributed by atoms with E-state index >= 15 is 0 Å². The lowest BCUT2D eigenvalue weighted by atomic mass is 10.2. The highest BCUT2D eigenvalue weighted by Gasteiger charge is 2.14. The van der Waals surface area contributed by atoms with Crippen LogP contribution in [0, 0.1) is 5.82 Å². The second kappa shape index (κ2) is 11.5. The number of benzene rings is 1. The van der Waals surface area contributed by atoms with Crippen LogP contribution in [0.5, 0.6) is 5.75 Å². The van der Waals surface area contributed by atoms with Crippen molar-refractivity contribution < 1.29 is 18.7 Å².